The van der Waals surface area contributed by atoms with Crippen molar-refractivity contribution in [3.05, 3.63) is 29.6 Å². The summed E-state index contributed by atoms with van der Waals surface area (Å²) in [6, 6.07) is 5.86. The monoisotopic (exact) mass is 333 g/mol. The zero-order valence-corrected chi connectivity index (χ0v) is 15.3. The molecule has 0 bridgehead atoms. The van der Waals surface area contributed by atoms with Crippen LogP contribution in [-0.4, -0.2) is 24.4 Å². The number of rotatable bonds is 4. The molecule has 1 saturated carbocycles. The minimum atomic E-state index is -0.509. The van der Waals surface area contributed by atoms with Gasteiger partial charge in [-0.3, -0.25) is 0 Å². The van der Waals surface area contributed by atoms with Gasteiger partial charge in [-0.15, -0.1) is 0 Å². The van der Waals surface area contributed by atoms with E-state index in [0.717, 1.165) is 5.46 Å². The van der Waals surface area contributed by atoms with E-state index in [0.29, 0.717) is 18.2 Å². The molecule has 0 radical (unpaired) electrons. The molecule has 0 atom stereocenters. The summed E-state index contributed by atoms with van der Waals surface area (Å²) in [5.41, 5.74) is 0.637. The number of hydrogen-bond donors (Lipinski definition) is 1. The molecule has 0 spiro atoms. The average Bonchev–Trinajstić information content (AvgIpc) is 2.75. The van der Waals surface area contributed by atoms with E-state index in [2.05, 4.69) is 5.32 Å². The first-order valence-electron chi connectivity index (χ1n) is 9.16. The number of halogens is 1. The van der Waals surface area contributed by atoms with Gasteiger partial charge in [-0.2, -0.15) is 0 Å². The van der Waals surface area contributed by atoms with E-state index in [1.165, 1.54) is 32.1 Å². The van der Waals surface area contributed by atoms with E-state index < -0.39 is 18.3 Å². The standard InChI is InChI=1S/C19H29BFNO2/c1-18(2)19(3,4)24-20(23-18)15-11-10-14(17(21)12-15)13-22-16-8-6-5-7-9-16/h10-12,16,22H,5-9,13H2,1-4H3. The lowest BCUT2D eigenvalue weighted by Crippen LogP contribution is -2.41. The first-order chi connectivity index (χ1) is 11.3. The molecule has 1 aromatic carbocycles. The van der Waals surface area contributed by atoms with Crippen molar-refractivity contribution in [2.45, 2.75) is 83.6 Å². The third-order valence-electron chi connectivity index (χ3n) is 5.79. The molecule has 1 N–H and O–H groups in total. The predicted molar refractivity (Wildman–Crippen MR) is 95.8 cm³/mol. The molecule has 3 rings (SSSR count). The maximum atomic E-state index is 14.5. The first kappa shape index (κ1) is 17.9. The lowest BCUT2D eigenvalue weighted by atomic mass is 9.78. The highest BCUT2D eigenvalue weighted by atomic mass is 19.1. The first-order valence-corrected chi connectivity index (χ1v) is 9.16. The van der Waals surface area contributed by atoms with Crippen molar-refractivity contribution in [3.63, 3.8) is 0 Å². The minimum absolute atomic E-state index is 0.189. The summed E-state index contributed by atoms with van der Waals surface area (Å²) in [4.78, 5) is 0. The Morgan fingerprint density at radius 2 is 1.71 bits per heavy atom. The summed E-state index contributed by atoms with van der Waals surface area (Å²) < 4.78 is 26.5. The van der Waals surface area contributed by atoms with E-state index >= 15 is 0 Å². The molecule has 24 heavy (non-hydrogen) atoms. The summed E-state index contributed by atoms with van der Waals surface area (Å²) in [6.45, 7) is 8.61. The molecule has 5 heteroatoms. The summed E-state index contributed by atoms with van der Waals surface area (Å²) in [5, 5.41) is 3.49. The van der Waals surface area contributed by atoms with Crippen LogP contribution in [0.1, 0.15) is 65.4 Å². The summed E-state index contributed by atoms with van der Waals surface area (Å²) in [5.74, 6) is -0.189. The van der Waals surface area contributed by atoms with Gasteiger partial charge in [-0.1, -0.05) is 31.4 Å². The molecule has 1 aliphatic carbocycles. The fraction of sp³-hybridized carbons (Fsp3) is 0.684. The van der Waals surface area contributed by atoms with Crippen LogP contribution < -0.4 is 10.8 Å². The van der Waals surface area contributed by atoms with E-state index in [-0.39, 0.29) is 5.82 Å². The van der Waals surface area contributed by atoms with Crippen molar-refractivity contribution < 1.29 is 13.7 Å². The van der Waals surface area contributed by atoms with Crippen molar-refractivity contribution in [1.82, 2.24) is 5.32 Å². The molecule has 3 nitrogen and oxygen atoms in total. The highest BCUT2D eigenvalue weighted by molar-refractivity contribution is 6.62. The lowest BCUT2D eigenvalue weighted by molar-refractivity contribution is 0.00578. The SMILES string of the molecule is CC1(C)OB(c2ccc(CNC3CCCCC3)c(F)c2)OC1(C)C. The Morgan fingerprint density at radius 3 is 2.29 bits per heavy atom. The quantitative estimate of drug-likeness (QED) is 0.855. The zero-order valence-electron chi connectivity index (χ0n) is 15.3. The number of benzene rings is 1. The third kappa shape index (κ3) is 3.68. The Balaban J connectivity index is 1.64. The van der Waals surface area contributed by atoms with Crippen LogP contribution >= 0.6 is 0 Å². The number of nitrogens with one attached hydrogen (secondary N) is 1. The maximum absolute atomic E-state index is 14.5. The number of hydrogen-bond acceptors (Lipinski definition) is 3. The van der Waals surface area contributed by atoms with Crippen LogP contribution in [0.25, 0.3) is 0 Å². The summed E-state index contributed by atoms with van der Waals surface area (Å²) in [7, 11) is -0.509. The van der Waals surface area contributed by atoms with Gasteiger partial charge in [-0.25, -0.2) is 4.39 Å². The summed E-state index contributed by atoms with van der Waals surface area (Å²) >= 11 is 0. The van der Waals surface area contributed by atoms with Gasteiger partial charge in [0.25, 0.3) is 0 Å². The fourth-order valence-corrected chi connectivity index (χ4v) is 3.39. The Kier molecular flexibility index (Phi) is 5.05. The fourth-order valence-electron chi connectivity index (χ4n) is 3.39. The van der Waals surface area contributed by atoms with Crippen LogP contribution in [0, 0.1) is 5.82 Å². The van der Waals surface area contributed by atoms with E-state index in [4.69, 9.17) is 9.31 Å². The molecule has 0 unspecified atom stereocenters. The van der Waals surface area contributed by atoms with E-state index in [1.54, 1.807) is 6.07 Å². The smallest absolute Gasteiger partial charge is 0.399 e. The van der Waals surface area contributed by atoms with Crippen molar-refractivity contribution in [2.24, 2.45) is 0 Å². The minimum Gasteiger partial charge on any atom is -0.399 e. The Morgan fingerprint density at radius 1 is 1.08 bits per heavy atom. The molecule has 0 amide bonds. The largest absolute Gasteiger partial charge is 0.494 e. The molecular formula is C19H29BFNO2. The third-order valence-corrected chi connectivity index (χ3v) is 5.79. The van der Waals surface area contributed by atoms with Crippen LogP contribution in [-0.2, 0) is 15.9 Å². The second-order valence-corrected chi connectivity index (χ2v) is 8.15. The lowest BCUT2D eigenvalue weighted by Gasteiger charge is -2.32. The van der Waals surface area contributed by atoms with Crippen LogP contribution in [0.3, 0.4) is 0 Å². The van der Waals surface area contributed by atoms with Gasteiger partial charge >= 0.3 is 7.12 Å². The van der Waals surface area contributed by atoms with E-state index in [1.807, 2.05) is 39.8 Å². The maximum Gasteiger partial charge on any atom is 0.494 e. The van der Waals surface area contributed by atoms with Gasteiger partial charge in [0.15, 0.2) is 0 Å². The molecule has 1 saturated heterocycles. The molecule has 0 aromatic heterocycles. The summed E-state index contributed by atoms with van der Waals surface area (Å²) in [6.07, 6.45) is 6.29. The molecule has 1 aromatic rings. The van der Waals surface area contributed by atoms with Gasteiger partial charge in [0, 0.05) is 18.2 Å². The van der Waals surface area contributed by atoms with Crippen LogP contribution in [0.5, 0.6) is 0 Å². The Bertz CT molecular complexity index is 569. The predicted octanol–water partition coefficient (Wildman–Crippen LogP) is 3.55. The van der Waals surface area contributed by atoms with E-state index in [9.17, 15) is 4.39 Å². The van der Waals surface area contributed by atoms with Crippen LogP contribution in [0.2, 0.25) is 0 Å². The normalized spacial score (nSPS) is 23.6. The second-order valence-electron chi connectivity index (χ2n) is 8.15. The van der Waals surface area contributed by atoms with Gasteiger partial charge < -0.3 is 14.6 Å². The molecule has 1 heterocycles. The topological polar surface area (TPSA) is 30.5 Å². The van der Waals surface area contributed by atoms with Crippen LogP contribution in [0.15, 0.2) is 18.2 Å². The van der Waals surface area contributed by atoms with Crippen molar-refractivity contribution in [2.75, 3.05) is 0 Å². The molecule has 1 aliphatic heterocycles. The van der Waals surface area contributed by atoms with Gasteiger partial charge in [0.2, 0.25) is 0 Å². The Hall–Kier alpha value is -0.905. The molecular weight excluding hydrogens is 304 g/mol. The second kappa shape index (κ2) is 6.78. The Labute approximate surface area is 145 Å². The average molecular weight is 333 g/mol. The van der Waals surface area contributed by atoms with Crippen LogP contribution in [0.4, 0.5) is 4.39 Å². The van der Waals surface area contributed by atoms with Crippen molar-refractivity contribution in [1.29, 1.82) is 0 Å². The van der Waals surface area contributed by atoms with Crippen molar-refractivity contribution >= 4 is 12.6 Å². The van der Waals surface area contributed by atoms with Crippen molar-refractivity contribution in [3.8, 4) is 0 Å². The zero-order chi connectivity index (χ0) is 17.4. The van der Waals surface area contributed by atoms with Gasteiger partial charge in [0.1, 0.15) is 5.82 Å². The highest BCUT2D eigenvalue weighted by Gasteiger charge is 2.51. The molecule has 2 fully saturated rings. The van der Waals surface area contributed by atoms with Gasteiger partial charge in [0.05, 0.1) is 11.2 Å². The van der Waals surface area contributed by atoms with Gasteiger partial charge in [-0.05, 0) is 52.1 Å². The molecule has 132 valence electrons. The highest BCUT2D eigenvalue weighted by Crippen LogP contribution is 2.36. The molecule has 2 aliphatic rings.